The predicted molar refractivity (Wildman–Crippen MR) is 111 cm³/mol. The molecule has 0 N–H and O–H groups in total. The van der Waals surface area contributed by atoms with Gasteiger partial charge in [0.15, 0.2) is 0 Å². The van der Waals surface area contributed by atoms with Crippen molar-refractivity contribution in [3.8, 4) is 0 Å². The van der Waals surface area contributed by atoms with E-state index in [9.17, 15) is 4.79 Å². The third kappa shape index (κ3) is 4.71. The van der Waals surface area contributed by atoms with Crippen LogP contribution in [0.15, 0.2) is 61.2 Å². The molecule has 6 nitrogen and oxygen atoms in total. The second-order valence-electron chi connectivity index (χ2n) is 6.69. The van der Waals surface area contributed by atoms with Crippen molar-refractivity contribution in [1.82, 2.24) is 19.9 Å². The van der Waals surface area contributed by atoms with Crippen LogP contribution < -0.4 is 4.90 Å². The van der Waals surface area contributed by atoms with Crippen LogP contribution in [0.4, 0.5) is 11.6 Å². The highest BCUT2D eigenvalue weighted by molar-refractivity contribution is 5.93. The Hall–Kier alpha value is -3.28. The number of pyridine rings is 1. The average Bonchev–Trinajstić information content (AvgIpc) is 2.73. The monoisotopic (exact) mass is 375 g/mol. The number of likely N-dealkylation sites (N-methyl/N-ethyl adjacent to an activating group) is 1. The summed E-state index contributed by atoms with van der Waals surface area (Å²) in [5.74, 6) is 0.503. The Balaban J connectivity index is 1.68. The van der Waals surface area contributed by atoms with Crippen molar-refractivity contribution >= 4 is 17.5 Å². The van der Waals surface area contributed by atoms with E-state index in [0.29, 0.717) is 18.1 Å². The van der Waals surface area contributed by atoms with Gasteiger partial charge in [0.1, 0.15) is 0 Å². The number of benzene rings is 1. The highest BCUT2D eigenvalue weighted by atomic mass is 16.2. The van der Waals surface area contributed by atoms with E-state index < -0.39 is 0 Å². The number of nitrogens with zero attached hydrogens (tertiary/aromatic N) is 5. The Kier molecular flexibility index (Phi) is 6.32. The lowest BCUT2D eigenvalue weighted by molar-refractivity contribution is 0.0796. The van der Waals surface area contributed by atoms with Gasteiger partial charge in [-0.1, -0.05) is 12.1 Å². The molecule has 1 aromatic carbocycles. The molecule has 0 aliphatic heterocycles. The summed E-state index contributed by atoms with van der Waals surface area (Å²) in [6, 6.07) is 12.1. The summed E-state index contributed by atoms with van der Waals surface area (Å²) in [4.78, 5) is 29.2. The smallest absolute Gasteiger partial charge is 0.256 e. The van der Waals surface area contributed by atoms with Crippen molar-refractivity contribution in [1.29, 1.82) is 0 Å². The molecular formula is C22H25N5O. The van der Waals surface area contributed by atoms with E-state index >= 15 is 0 Å². The third-order valence-corrected chi connectivity index (χ3v) is 4.59. The van der Waals surface area contributed by atoms with E-state index in [1.165, 1.54) is 5.56 Å². The number of rotatable bonds is 7. The number of aryl methyl sites for hydroxylation is 1. The summed E-state index contributed by atoms with van der Waals surface area (Å²) in [7, 11) is 1.79. The minimum atomic E-state index is -0.0841. The maximum atomic E-state index is 12.7. The molecule has 28 heavy (non-hydrogen) atoms. The quantitative estimate of drug-likeness (QED) is 0.631. The van der Waals surface area contributed by atoms with Gasteiger partial charge in [0, 0.05) is 50.6 Å². The zero-order valence-electron chi connectivity index (χ0n) is 16.5. The Morgan fingerprint density at radius 2 is 1.79 bits per heavy atom. The zero-order valence-corrected chi connectivity index (χ0v) is 16.5. The van der Waals surface area contributed by atoms with Crippen molar-refractivity contribution in [2.24, 2.45) is 0 Å². The van der Waals surface area contributed by atoms with Gasteiger partial charge in [0.05, 0.1) is 5.56 Å². The number of amides is 1. The van der Waals surface area contributed by atoms with Crippen LogP contribution in [0.3, 0.4) is 0 Å². The van der Waals surface area contributed by atoms with E-state index in [4.69, 9.17) is 0 Å². The fourth-order valence-corrected chi connectivity index (χ4v) is 2.97. The van der Waals surface area contributed by atoms with Crippen LogP contribution in [0, 0.1) is 6.92 Å². The average molecular weight is 375 g/mol. The summed E-state index contributed by atoms with van der Waals surface area (Å²) < 4.78 is 0. The summed E-state index contributed by atoms with van der Waals surface area (Å²) in [5, 5.41) is 0. The van der Waals surface area contributed by atoms with E-state index in [2.05, 4.69) is 40.9 Å². The summed E-state index contributed by atoms with van der Waals surface area (Å²) >= 11 is 0. The molecule has 1 amide bonds. The van der Waals surface area contributed by atoms with Crippen molar-refractivity contribution in [3.63, 3.8) is 0 Å². The fraction of sp³-hybridized carbons (Fsp3) is 0.273. The van der Waals surface area contributed by atoms with Crippen LogP contribution in [0.2, 0.25) is 0 Å². The first-order valence-corrected chi connectivity index (χ1v) is 9.39. The van der Waals surface area contributed by atoms with Gasteiger partial charge in [-0.2, -0.15) is 0 Å². The van der Waals surface area contributed by atoms with E-state index in [1.807, 2.05) is 29.2 Å². The lowest BCUT2D eigenvalue weighted by Crippen LogP contribution is -2.29. The van der Waals surface area contributed by atoms with Crippen LogP contribution in [-0.4, -0.2) is 45.9 Å². The van der Waals surface area contributed by atoms with Crippen molar-refractivity contribution in [3.05, 3.63) is 77.9 Å². The first-order valence-electron chi connectivity index (χ1n) is 9.39. The molecule has 0 spiro atoms. The Morgan fingerprint density at radius 1 is 1.07 bits per heavy atom. The molecule has 0 atom stereocenters. The fourth-order valence-electron chi connectivity index (χ4n) is 2.97. The first kappa shape index (κ1) is 19.5. The lowest BCUT2D eigenvalue weighted by atomic mass is 10.2. The van der Waals surface area contributed by atoms with Crippen LogP contribution in [0.5, 0.6) is 0 Å². The zero-order chi connectivity index (χ0) is 19.9. The van der Waals surface area contributed by atoms with Crippen LogP contribution in [0.1, 0.15) is 28.4 Å². The van der Waals surface area contributed by atoms with Gasteiger partial charge in [-0.15, -0.1) is 0 Å². The van der Waals surface area contributed by atoms with Gasteiger partial charge < -0.3 is 9.80 Å². The molecule has 0 radical (unpaired) electrons. The van der Waals surface area contributed by atoms with Gasteiger partial charge in [0.2, 0.25) is 5.95 Å². The van der Waals surface area contributed by atoms with Gasteiger partial charge in [0.25, 0.3) is 5.91 Å². The number of hydrogen-bond acceptors (Lipinski definition) is 5. The Bertz CT molecular complexity index is 912. The first-order chi connectivity index (χ1) is 13.6. The predicted octanol–water partition coefficient (Wildman–Crippen LogP) is 3.65. The standard InChI is InChI=1S/C22H25N5O/c1-4-27(20-7-5-6-17(2)14-20)22-24-15-19(16-25-22)21(28)26(3)13-10-18-8-11-23-12-9-18/h5-9,11-12,14-16H,4,10,13H2,1-3H3. The molecule has 0 fully saturated rings. The molecule has 0 saturated carbocycles. The minimum absolute atomic E-state index is 0.0841. The molecule has 0 bridgehead atoms. The van der Waals surface area contributed by atoms with Crippen LogP contribution >= 0.6 is 0 Å². The molecule has 3 aromatic rings. The number of anilines is 2. The number of carbonyl (C=O) groups excluding carboxylic acids is 1. The Labute approximate surface area is 165 Å². The lowest BCUT2D eigenvalue weighted by Gasteiger charge is -2.22. The second kappa shape index (κ2) is 9.08. The summed E-state index contributed by atoms with van der Waals surface area (Å²) in [6.07, 6.45) is 7.51. The molecule has 2 aromatic heterocycles. The molecule has 3 rings (SSSR count). The van der Waals surface area contributed by atoms with E-state index in [-0.39, 0.29) is 5.91 Å². The number of hydrogen-bond donors (Lipinski definition) is 0. The maximum absolute atomic E-state index is 12.7. The highest BCUT2D eigenvalue weighted by Crippen LogP contribution is 2.22. The van der Waals surface area contributed by atoms with Crippen molar-refractivity contribution in [2.45, 2.75) is 20.3 Å². The molecular weight excluding hydrogens is 350 g/mol. The molecule has 0 unspecified atom stereocenters. The van der Waals surface area contributed by atoms with E-state index in [0.717, 1.165) is 24.2 Å². The molecule has 0 saturated heterocycles. The maximum Gasteiger partial charge on any atom is 0.256 e. The molecule has 0 aliphatic carbocycles. The third-order valence-electron chi connectivity index (χ3n) is 4.59. The molecule has 6 heteroatoms. The summed E-state index contributed by atoms with van der Waals surface area (Å²) in [6.45, 7) is 5.47. The van der Waals surface area contributed by atoms with Gasteiger partial charge >= 0.3 is 0 Å². The highest BCUT2D eigenvalue weighted by Gasteiger charge is 2.15. The van der Waals surface area contributed by atoms with E-state index in [1.54, 1.807) is 36.7 Å². The summed E-state index contributed by atoms with van der Waals surface area (Å²) in [5.41, 5.74) is 3.86. The number of carbonyl (C=O) groups is 1. The van der Waals surface area contributed by atoms with Gasteiger partial charge in [-0.05, 0) is 55.7 Å². The topological polar surface area (TPSA) is 62.2 Å². The SMILES string of the molecule is CCN(c1cccc(C)c1)c1ncc(C(=O)N(C)CCc2ccncc2)cn1. The normalized spacial score (nSPS) is 10.5. The number of aromatic nitrogens is 3. The van der Waals surface area contributed by atoms with Gasteiger partial charge in [-0.25, -0.2) is 9.97 Å². The molecule has 144 valence electrons. The minimum Gasteiger partial charge on any atom is -0.341 e. The molecule has 2 heterocycles. The van der Waals surface area contributed by atoms with Crippen LogP contribution in [-0.2, 0) is 6.42 Å². The second-order valence-corrected chi connectivity index (χ2v) is 6.69. The largest absolute Gasteiger partial charge is 0.341 e. The van der Waals surface area contributed by atoms with Crippen molar-refractivity contribution < 1.29 is 4.79 Å². The van der Waals surface area contributed by atoms with Crippen molar-refractivity contribution in [2.75, 3.05) is 25.0 Å². The molecule has 0 aliphatic rings. The van der Waals surface area contributed by atoms with Crippen LogP contribution in [0.25, 0.3) is 0 Å². The Morgan fingerprint density at radius 3 is 2.43 bits per heavy atom. The van der Waals surface area contributed by atoms with Gasteiger partial charge in [-0.3, -0.25) is 9.78 Å².